The second-order valence-corrected chi connectivity index (χ2v) is 2.05. The SMILES string of the molecule is CCC(CC)NC(O)O. The number of aliphatic hydroxyl groups is 2. The average Bonchev–Trinajstić information content (AvgIpc) is 1.82. The zero-order valence-electron chi connectivity index (χ0n) is 5.96. The van der Waals surface area contributed by atoms with Crippen LogP contribution in [0.15, 0.2) is 0 Å². The zero-order valence-corrected chi connectivity index (χ0v) is 5.96. The van der Waals surface area contributed by atoms with Crippen molar-refractivity contribution in [1.82, 2.24) is 5.32 Å². The van der Waals surface area contributed by atoms with Gasteiger partial charge in [-0.15, -0.1) is 0 Å². The normalized spacial score (nSPS) is 11.3. The van der Waals surface area contributed by atoms with Crippen molar-refractivity contribution in [2.75, 3.05) is 0 Å². The number of hydrogen-bond donors (Lipinski definition) is 3. The molecular formula is C6H15NO2. The van der Waals surface area contributed by atoms with Gasteiger partial charge in [0.25, 0.3) is 0 Å². The summed E-state index contributed by atoms with van der Waals surface area (Å²) < 4.78 is 0. The first-order valence-electron chi connectivity index (χ1n) is 3.32. The minimum atomic E-state index is -1.37. The van der Waals surface area contributed by atoms with Gasteiger partial charge in [0, 0.05) is 6.04 Å². The van der Waals surface area contributed by atoms with E-state index in [2.05, 4.69) is 5.32 Å². The maximum atomic E-state index is 8.43. The first kappa shape index (κ1) is 8.88. The van der Waals surface area contributed by atoms with E-state index in [4.69, 9.17) is 10.2 Å². The van der Waals surface area contributed by atoms with Crippen LogP contribution in [0.3, 0.4) is 0 Å². The second kappa shape index (κ2) is 4.73. The molecule has 0 fully saturated rings. The molecule has 3 nitrogen and oxygen atoms in total. The Labute approximate surface area is 55.7 Å². The lowest BCUT2D eigenvalue weighted by Gasteiger charge is -2.15. The van der Waals surface area contributed by atoms with Crippen LogP contribution in [0.4, 0.5) is 0 Å². The van der Waals surface area contributed by atoms with E-state index in [1.807, 2.05) is 13.8 Å². The third-order valence-electron chi connectivity index (χ3n) is 1.37. The fourth-order valence-corrected chi connectivity index (χ4v) is 0.735. The highest BCUT2D eigenvalue weighted by Crippen LogP contribution is 1.95. The Bertz CT molecular complexity index is 62.1. The molecule has 0 aliphatic rings. The Balaban J connectivity index is 3.31. The van der Waals surface area contributed by atoms with Gasteiger partial charge in [0.2, 0.25) is 6.41 Å². The van der Waals surface area contributed by atoms with Crippen molar-refractivity contribution in [2.24, 2.45) is 0 Å². The van der Waals surface area contributed by atoms with Crippen molar-refractivity contribution in [3.05, 3.63) is 0 Å². The maximum Gasteiger partial charge on any atom is 0.211 e. The molecule has 0 aliphatic heterocycles. The minimum absolute atomic E-state index is 0.227. The van der Waals surface area contributed by atoms with Gasteiger partial charge in [-0.1, -0.05) is 13.8 Å². The number of aliphatic hydroxyl groups excluding tert-OH is 1. The van der Waals surface area contributed by atoms with Crippen LogP contribution in [0.2, 0.25) is 0 Å². The van der Waals surface area contributed by atoms with E-state index in [1.165, 1.54) is 0 Å². The highest BCUT2D eigenvalue weighted by Gasteiger charge is 2.04. The van der Waals surface area contributed by atoms with Crippen LogP contribution in [0, 0.1) is 0 Å². The first-order valence-corrected chi connectivity index (χ1v) is 3.32. The molecule has 3 heteroatoms. The summed E-state index contributed by atoms with van der Waals surface area (Å²) in [6, 6.07) is 0.227. The molecule has 0 saturated heterocycles. The monoisotopic (exact) mass is 133 g/mol. The van der Waals surface area contributed by atoms with Crippen molar-refractivity contribution < 1.29 is 10.2 Å². The molecule has 0 amide bonds. The smallest absolute Gasteiger partial charge is 0.211 e. The molecule has 0 heterocycles. The molecule has 0 bridgehead atoms. The zero-order chi connectivity index (χ0) is 7.28. The fraction of sp³-hybridized carbons (Fsp3) is 1.00. The molecule has 0 aromatic carbocycles. The Hall–Kier alpha value is -0.120. The van der Waals surface area contributed by atoms with Crippen LogP contribution in [0.25, 0.3) is 0 Å². The van der Waals surface area contributed by atoms with Gasteiger partial charge in [0.15, 0.2) is 0 Å². The maximum absolute atomic E-state index is 8.43. The Morgan fingerprint density at radius 1 is 1.22 bits per heavy atom. The third-order valence-corrected chi connectivity index (χ3v) is 1.37. The fourth-order valence-electron chi connectivity index (χ4n) is 0.735. The third kappa shape index (κ3) is 4.39. The summed E-state index contributed by atoms with van der Waals surface area (Å²) in [6.07, 6.45) is 0.484. The lowest BCUT2D eigenvalue weighted by atomic mass is 10.2. The van der Waals surface area contributed by atoms with Gasteiger partial charge in [0.05, 0.1) is 0 Å². The number of nitrogens with one attached hydrogen (secondary N) is 1. The summed E-state index contributed by atoms with van der Waals surface area (Å²) in [4.78, 5) is 0. The van der Waals surface area contributed by atoms with E-state index < -0.39 is 6.41 Å². The van der Waals surface area contributed by atoms with Crippen molar-refractivity contribution in [3.8, 4) is 0 Å². The molecule has 0 aliphatic carbocycles. The molecule has 0 atom stereocenters. The van der Waals surface area contributed by atoms with Crippen LogP contribution in [-0.2, 0) is 0 Å². The second-order valence-electron chi connectivity index (χ2n) is 2.05. The molecule has 9 heavy (non-hydrogen) atoms. The Kier molecular flexibility index (Phi) is 4.67. The molecule has 0 unspecified atom stereocenters. The van der Waals surface area contributed by atoms with E-state index in [9.17, 15) is 0 Å². The van der Waals surface area contributed by atoms with Crippen LogP contribution in [0.1, 0.15) is 26.7 Å². The Morgan fingerprint density at radius 3 is 1.78 bits per heavy atom. The molecule has 0 spiro atoms. The highest BCUT2D eigenvalue weighted by molar-refractivity contribution is 4.59. The standard InChI is InChI=1S/C6H15NO2/c1-3-5(4-2)7-6(8)9/h5-9H,3-4H2,1-2H3. The van der Waals surface area contributed by atoms with Gasteiger partial charge >= 0.3 is 0 Å². The van der Waals surface area contributed by atoms with Gasteiger partial charge in [-0.2, -0.15) is 0 Å². The number of rotatable bonds is 4. The average molecular weight is 133 g/mol. The van der Waals surface area contributed by atoms with E-state index in [1.54, 1.807) is 0 Å². The predicted octanol–water partition coefficient (Wildman–Crippen LogP) is 0.0328. The van der Waals surface area contributed by atoms with Crippen LogP contribution >= 0.6 is 0 Å². The van der Waals surface area contributed by atoms with Crippen molar-refractivity contribution in [1.29, 1.82) is 0 Å². The molecule has 0 aromatic heterocycles. The van der Waals surface area contributed by atoms with E-state index in [-0.39, 0.29) is 6.04 Å². The van der Waals surface area contributed by atoms with Gasteiger partial charge in [0.1, 0.15) is 0 Å². The predicted molar refractivity (Wildman–Crippen MR) is 35.7 cm³/mol. The summed E-state index contributed by atoms with van der Waals surface area (Å²) in [5.41, 5.74) is 0. The van der Waals surface area contributed by atoms with Crippen molar-refractivity contribution >= 4 is 0 Å². The molecule has 0 radical (unpaired) electrons. The minimum Gasteiger partial charge on any atom is -0.356 e. The Morgan fingerprint density at radius 2 is 1.67 bits per heavy atom. The van der Waals surface area contributed by atoms with Gasteiger partial charge in [-0.3, -0.25) is 5.32 Å². The van der Waals surface area contributed by atoms with Crippen LogP contribution in [0.5, 0.6) is 0 Å². The van der Waals surface area contributed by atoms with Crippen molar-refractivity contribution in [3.63, 3.8) is 0 Å². The van der Waals surface area contributed by atoms with Crippen LogP contribution in [-0.4, -0.2) is 22.7 Å². The molecule has 0 saturated carbocycles. The molecule has 56 valence electrons. The molecular weight excluding hydrogens is 118 g/mol. The van der Waals surface area contributed by atoms with Gasteiger partial charge < -0.3 is 10.2 Å². The largest absolute Gasteiger partial charge is 0.356 e. The topological polar surface area (TPSA) is 52.5 Å². The summed E-state index contributed by atoms with van der Waals surface area (Å²) in [7, 11) is 0. The van der Waals surface area contributed by atoms with Crippen LogP contribution < -0.4 is 5.32 Å². The summed E-state index contributed by atoms with van der Waals surface area (Å²) in [5.74, 6) is 0. The summed E-state index contributed by atoms with van der Waals surface area (Å²) in [5, 5.41) is 19.4. The molecule has 3 N–H and O–H groups in total. The lowest BCUT2D eigenvalue weighted by molar-refractivity contribution is -0.0739. The first-order chi connectivity index (χ1) is 4.20. The van der Waals surface area contributed by atoms with E-state index >= 15 is 0 Å². The molecule has 0 aromatic rings. The quantitative estimate of drug-likeness (QED) is 0.474. The summed E-state index contributed by atoms with van der Waals surface area (Å²) >= 11 is 0. The molecule has 0 rings (SSSR count). The van der Waals surface area contributed by atoms with E-state index in [0.29, 0.717) is 0 Å². The van der Waals surface area contributed by atoms with Gasteiger partial charge in [-0.05, 0) is 12.8 Å². The summed E-state index contributed by atoms with van der Waals surface area (Å²) in [6.45, 7) is 4.01. The van der Waals surface area contributed by atoms with Gasteiger partial charge in [-0.25, -0.2) is 0 Å². The van der Waals surface area contributed by atoms with Crippen molar-refractivity contribution in [2.45, 2.75) is 39.1 Å². The number of hydrogen-bond acceptors (Lipinski definition) is 3. The highest BCUT2D eigenvalue weighted by atomic mass is 16.5. The van der Waals surface area contributed by atoms with E-state index in [0.717, 1.165) is 12.8 Å². The lowest BCUT2D eigenvalue weighted by Crippen LogP contribution is -2.37.